The molecule has 0 fully saturated rings. The zero-order valence-corrected chi connectivity index (χ0v) is 12.5. The van der Waals surface area contributed by atoms with Gasteiger partial charge in [0.2, 0.25) is 0 Å². The van der Waals surface area contributed by atoms with Gasteiger partial charge < -0.3 is 10.1 Å². The molecule has 0 heterocycles. The Morgan fingerprint density at radius 1 is 1.47 bits per heavy atom. The lowest BCUT2D eigenvalue weighted by atomic mass is 10.2. The van der Waals surface area contributed by atoms with E-state index in [9.17, 15) is 4.79 Å². The largest absolute Gasteiger partial charge is 0.383 e. The highest BCUT2D eigenvalue weighted by atomic mass is 127. The molecule has 0 saturated carbocycles. The van der Waals surface area contributed by atoms with Gasteiger partial charge in [-0.05, 0) is 53.3 Å². The fraction of sp³-hybridized carbons (Fsp3) is 0.417. The van der Waals surface area contributed by atoms with E-state index >= 15 is 0 Å². The Morgan fingerprint density at radius 3 is 2.71 bits per heavy atom. The van der Waals surface area contributed by atoms with Crippen LogP contribution in [0.4, 0.5) is 0 Å². The number of nitrogens with one attached hydrogen (secondary N) is 1. The molecule has 3 nitrogen and oxygen atoms in total. The molecule has 0 spiro atoms. The minimum Gasteiger partial charge on any atom is -0.383 e. The molecule has 1 unspecified atom stereocenters. The first-order chi connectivity index (χ1) is 8.13. The van der Waals surface area contributed by atoms with Crippen molar-refractivity contribution in [1.82, 2.24) is 5.32 Å². The van der Waals surface area contributed by atoms with Crippen molar-refractivity contribution in [2.75, 3.05) is 20.3 Å². The summed E-state index contributed by atoms with van der Waals surface area (Å²) in [5.41, 5.74) is 0.670. The Labute approximate surface area is 120 Å². The number of halogens is 2. The van der Waals surface area contributed by atoms with Gasteiger partial charge in [0, 0.05) is 22.8 Å². The van der Waals surface area contributed by atoms with Crippen molar-refractivity contribution in [2.45, 2.75) is 11.8 Å². The predicted molar refractivity (Wildman–Crippen MR) is 77.6 cm³/mol. The second-order valence-electron chi connectivity index (χ2n) is 3.60. The van der Waals surface area contributed by atoms with Crippen LogP contribution in [0.5, 0.6) is 0 Å². The second-order valence-corrected chi connectivity index (χ2v) is 5.47. The topological polar surface area (TPSA) is 38.3 Å². The average Bonchev–Trinajstić information content (AvgIpc) is 2.30. The third-order valence-corrected chi connectivity index (χ3v) is 3.26. The smallest absolute Gasteiger partial charge is 0.251 e. The van der Waals surface area contributed by atoms with E-state index in [0.29, 0.717) is 25.1 Å². The molecule has 94 valence electrons. The van der Waals surface area contributed by atoms with Crippen LogP contribution in [0.15, 0.2) is 24.3 Å². The standard InChI is InChI=1S/C12H15ClINO2/c1-17-8-10(13)6-7-15-12(16)9-2-4-11(14)5-3-9/h2-5,10H,6-8H2,1H3,(H,15,16). The average molecular weight is 368 g/mol. The predicted octanol–water partition coefficient (Wildman–Crippen LogP) is 2.66. The summed E-state index contributed by atoms with van der Waals surface area (Å²) in [4.78, 5) is 11.7. The van der Waals surface area contributed by atoms with Crippen molar-refractivity contribution in [3.63, 3.8) is 0 Å². The van der Waals surface area contributed by atoms with E-state index in [0.717, 1.165) is 3.57 Å². The number of methoxy groups -OCH3 is 1. The van der Waals surface area contributed by atoms with Gasteiger partial charge in [-0.2, -0.15) is 0 Å². The third-order valence-electron chi connectivity index (χ3n) is 2.20. The van der Waals surface area contributed by atoms with Crippen LogP contribution >= 0.6 is 34.2 Å². The Kier molecular flexibility index (Phi) is 6.84. The maximum Gasteiger partial charge on any atom is 0.251 e. The van der Waals surface area contributed by atoms with Crippen molar-refractivity contribution in [3.8, 4) is 0 Å². The fourth-order valence-corrected chi connectivity index (χ4v) is 1.90. The molecule has 0 aliphatic heterocycles. The van der Waals surface area contributed by atoms with Crippen LogP contribution in [-0.4, -0.2) is 31.5 Å². The van der Waals surface area contributed by atoms with Crippen LogP contribution in [0.25, 0.3) is 0 Å². The summed E-state index contributed by atoms with van der Waals surface area (Å²) in [6, 6.07) is 7.43. The number of carbonyl (C=O) groups is 1. The lowest BCUT2D eigenvalue weighted by Gasteiger charge is -2.09. The first-order valence-electron chi connectivity index (χ1n) is 5.30. The van der Waals surface area contributed by atoms with Gasteiger partial charge >= 0.3 is 0 Å². The van der Waals surface area contributed by atoms with Crippen molar-refractivity contribution < 1.29 is 9.53 Å². The SMILES string of the molecule is COCC(Cl)CCNC(=O)c1ccc(I)cc1. The molecule has 0 bridgehead atoms. The molecule has 5 heteroatoms. The summed E-state index contributed by atoms with van der Waals surface area (Å²) < 4.78 is 6.02. The Balaban J connectivity index is 2.32. The number of alkyl halides is 1. The number of rotatable bonds is 6. The molecule has 1 amide bonds. The summed E-state index contributed by atoms with van der Waals surface area (Å²) in [5, 5.41) is 2.77. The lowest BCUT2D eigenvalue weighted by Crippen LogP contribution is -2.27. The van der Waals surface area contributed by atoms with Crippen molar-refractivity contribution >= 4 is 40.1 Å². The molecule has 1 atom stereocenters. The van der Waals surface area contributed by atoms with E-state index in [-0.39, 0.29) is 11.3 Å². The molecular weight excluding hydrogens is 352 g/mol. The fourth-order valence-electron chi connectivity index (χ4n) is 1.31. The number of amides is 1. The molecule has 1 aromatic carbocycles. The van der Waals surface area contributed by atoms with E-state index in [1.54, 1.807) is 7.11 Å². The molecule has 1 aromatic rings. The summed E-state index contributed by atoms with van der Waals surface area (Å²) in [6.45, 7) is 1.06. The maximum atomic E-state index is 11.7. The number of carbonyl (C=O) groups excluding carboxylic acids is 1. The van der Waals surface area contributed by atoms with Crippen molar-refractivity contribution in [3.05, 3.63) is 33.4 Å². The number of ether oxygens (including phenoxy) is 1. The molecule has 0 radical (unpaired) electrons. The van der Waals surface area contributed by atoms with Gasteiger partial charge in [-0.15, -0.1) is 11.6 Å². The molecule has 0 aliphatic rings. The highest BCUT2D eigenvalue weighted by Gasteiger charge is 2.07. The van der Waals surface area contributed by atoms with E-state index in [1.807, 2.05) is 24.3 Å². The second kappa shape index (κ2) is 7.89. The van der Waals surface area contributed by atoms with Gasteiger partial charge in [-0.25, -0.2) is 0 Å². The monoisotopic (exact) mass is 367 g/mol. The number of hydrogen-bond acceptors (Lipinski definition) is 2. The molecule has 0 saturated heterocycles. The van der Waals surface area contributed by atoms with Crippen LogP contribution in [-0.2, 0) is 4.74 Å². The van der Waals surface area contributed by atoms with E-state index in [1.165, 1.54) is 0 Å². The van der Waals surface area contributed by atoms with Gasteiger partial charge in [0.05, 0.1) is 12.0 Å². The van der Waals surface area contributed by atoms with Gasteiger partial charge in [0.1, 0.15) is 0 Å². The highest BCUT2D eigenvalue weighted by molar-refractivity contribution is 14.1. The molecule has 0 aliphatic carbocycles. The first-order valence-corrected chi connectivity index (χ1v) is 6.81. The summed E-state index contributed by atoms with van der Waals surface area (Å²) >= 11 is 8.16. The summed E-state index contributed by atoms with van der Waals surface area (Å²) in [7, 11) is 1.61. The molecule has 1 rings (SSSR count). The zero-order chi connectivity index (χ0) is 12.7. The minimum atomic E-state index is -0.0670. The lowest BCUT2D eigenvalue weighted by molar-refractivity contribution is 0.0951. The quantitative estimate of drug-likeness (QED) is 0.620. The summed E-state index contributed by atoms with van der Waals surface area (Å²) in [5.74, 6) is -0.0670. The van der Waals surface area contributed by atoms with Gasteiger partial charge in [-0.1, -0.05) is 0 Å². The first kappa shape index (κ1) is 14.7. The molecule has 17 heavy (non-hydrogen) atoms. The highest BCUT2D eigenvalue weighted by Crippen LogP contribution is 2.07. The van der Waals surface area contributed by atoms with Crippen LogP contribution in [0.2, 0.25) is 0 Å². The maximum absolute atomic E-state index is 11.7. The Hall–Kier alpha value is -0.330. The Morgan fingerprint density at radius 2 is 2.12 bits per heavy atom. The normalized spacial score (nSPS) is 12.2. The van der Waals surface area contributed by atoms with E-state index in [4.69, 9.17) is 16.3 Å². The van der Waals surface area contributed by atoms with E-state index < -0.39 is 0 Å². The zero-order valence-electron chi connectivity index (χ0n) is 9.58. The molecular formula is C12H15ClINO2. The van der Waals surface area contributed by atoms with Gasteiger partial charge in [0.15, 0.2) is 0 Å². The third kappa shape index (κ3) is 5.70. The van der Waals surface area contributed by atoms with Gasteiger partial charge in [0.25, 0.3) is 5.91 Å². The summed E-state index contributed by atoms with van der Waals surface area (Å²) in [6.07, 6.45) is 0.700. The van der Waals surface area contributed by atoms with Crippen LogP contribution in [0.1, 0.15) is 16.8 Å². The van der Waals surface area contributed by atoms with Crippen molar-refractivity contribution in [2.24, 2.45) is 0 Å². The van der Waals surface area contributed by atoms with Gasteiger partial charge in [-0.3, -0.25) is 4.79 Å². The van der Waals surface area contributed by atoms with Crippen LogP contribution in [0.3, 0.4) is 0 Å². The number of benzene rings is 1. The number of hydrogen-bond donors (Lipinski definition) is 1. The van der Waals surface area contributed by atoms with E-state index in [2.05, 4.69) is 27.9 Å². The molecule has 1 N–H and O–H groups in total. The van der Waals surface area contributed by atoms with Crippen LogP contribution in [0, 0.1) is 3.57 Å². The minimum absolute atomic E-state index is 0.0583. The Bertz CT molecular complexity index is 356. The molecule has 0 aromatic heterocycles. The van der Waals surface area contributed by atoms with Crippen LogP contribution < -0.4 is 5.32 Å². The van der Waals surface area contributed by atoms with Crippen molar-refractivity contribution in [1.29, 1.82) is 0 Å².